The fourth-order valence-electron chi connectivity index (χ4n) is 12.0. The summed E-state index contributed by atoms with van der Waals surface area (Å²) in [4.78, 5) is 2.49. The third kappa shape index (κ3) is 6.24. The van der Waals surface area contributed by atoms with Crippen LogP contribution in [0.5, 0.6) is 0 Å². The first-order valence-electron chi connectivity index (χ1n) is 24.0. The normalized spacial score (nSPS) is 13.4. The summed E-state index contributed by atoms with van der Waals surface area (Å²) >= 11 is 0. The van der Waals surface area contributed by atoms with Crippen molar-refractivity contribution in [3.63, 3.8) is 0 Å². The van der Waals surface area contributed by atoms with E-state index in [2.05, 4.69) is 290 Å². The molecule has 324 valence electrons. The molecule has 0 saturated heterocycles. The molecule has 0 radical (unpaired) electrons. The standard InChI is InChI=1S/C68H47N/c1-6-22-48(23-7-1)50-38-41-55(42-39-50)69(66-45-40-52(49-24-8-2-9-25-49)46-59(66)51-26-10-3-11-27-51)56-43-44-58-57-32-16-17-33-60(57)68(65(58)47-56)63-36-20-18-34-61(63)67(53-28-12-4-13-29-53,54-30-14-5-15-31-54)62-35-19-21-37-64(62)68/h1-47H. The minimum absolute atomic E-state index is 0.576. The van der Waals surface area contributed by atoms with Gasteiger partial charge in [-0.3, -0.25) is 0 Å². The first-order chi connectivity index (χ1) is 34.2. The lowest BCUT2D eigenvalue weighted by atomic mass is 9.51. The number of rotatable bonds is 8. The number of hydrogen-bond acceptors (Lipinski definition) is 1. The summed E-state index contributed by atoms with van der Waals surface area (Å²) in [6.45, 7) is 0. The van der Waals surface area contributed by atoms with Crippen LogP contribution in [-0.4, -0.2) is 0 Å². The van der Waals surface area contributed by atoms with E-state index in [-0.39, 0.29) is 0 Å². The lowest BCUT2D eigenvalue weighted by Gasteiger charge is -2.50. The topological polar surface area (TPSA) is 3.24 Å². The largest absolute Gasteiger partial charge is 0.310 e. The van der Waals surface area contributed by atoms with Gasteiger partial charge in [-0.15, -0.1) is 0 Å². The first-order valence-corrected chi connectivity index (χ1v) is 24.0. The molecule has 0 saturated carbocycles. The van der Waals surface area contributed by atoms with E-state index in [1.54, 1.807) is 0 Å². The first kappa shape index (κ1) is 40.5. The van der Waals surface area contributed by atoms with Crippen molar-refractivity contribution >= 4 is 17.1 Å². The van der Waals surface area contributed by atoms with Crippen LogP contribution in [0.1, 0.15) is 44.5 Å². The van der Waals surface area contributed by atoms with E-state index in [9.17, 15) is 0 Å². The summed E-state index contributed by atoms with van der Waals surface area (Å²) in [6, 6.07) is 106. The Hall–Kier alpha value is -8.78. The van der Waals surface area contributed by atoms with E-state index < -0.39 is 10.8 Å². The molecule has 69 heavy (non-hydrogen) atoms. The molecule has 0 bridgehead atoms. The molecule has 1 nitrogen and oxygen atoms in total. The third-order valence-electron chi connectivity index (χ3n) is 14.8. The second kappa shape index (κ2) is 16.5. The fourth-order valence-corrected chi connectivity index (χ4v) is 12.0. The van der Waals surface area contributed by atoms with Gasteiger partial charge in [0.05, 0.1) is 16.5 Å². The molecular formula is C68H47N. The van der Waals surface area contributed by atoms with Gasteiger partial charge in [-0.25, -0.2) is 0 Å². The maximum Gasteiger partial charge on any atom is 0.0720 e. The van der Waals surface area contributed by atoms with Crippen molar-refractivity contribution in [3.05, 3.63) is 330 Å². The van der Waals surface area contributed by atoms with E-state index in [4.69, 9.17) is 0 Å². The Kier molecular flexibility index (Phi) is 9.70. The van der Waals surface area contributed by atoms with Gasteiger partial charge in [0.25, 0.3) is 0 Å². The quantitative estimate of drug-likeness (QED) is 0.147. The van der Waals surface area contributed by atoms with Crippen molar-refractivity contribution in [1.29, 1.82) is 0 Å². The predicted octanol–water partition coefficient (Wildman–Crippen LogP) is 17.2. The van der Waals surface area contributed by atoms with Crippen LogP contribution < -0.4 is 4.90 Å². The molecule has 11 aromatic rings. The fraction of sp³-hybridized carbons (Fsp3) is 0.0294. The van der Waals surface area contributed by atoms with Crippen molar-refractivity contribution in [2.45, 2.75) is 10.8 Å². The number of hydrogen-bond donors (Lipinski definition) is 0. The lowest BCUT2D eigenvalue weighted by Crippen LogP contribution is -2.44. The highest BCUT2D eigenvalue weighted by Gasteiger charge is 2.56. The third-order valence-corrected chi connectivity index (χ3v) is 14.8. The number of fused-ring (bicyclic) bond motifs is 9. The van der Waals surface area contributed by atoms with Crippen LogP contribution in [0.25, 0.3) is 44.5 Å². The molecule has 0 heterocycles. The minimum Gasteiger partial charge on any atom is -0.310 e. The van der Waals surface area contributed by atoms with Gasteiger partial charge in [-0.05, 0) is 120 Å². The second-order valence-electron chi connectivity index (χ2n) is 18.3. The Labute approximate surface area is 404 Å². The van der Waals surface area contributed by atoms with Crippen molar-refractivity contribution in [2.24, 2.45) is 0 Å². The molecule has 0 aromatic heterocycles. The average molecular weight is 878 g/mol. The Balaban J connectivity index is 1.10. The Bertz CT molecular complexity index is 3550. The van der Waals surface area contributed by atoms with Gasteiger partial charge in [0.15, 0.2) is 0 Å². The molecule has 0 aliphatic heterocycles. The molecule has 0 amide bonds. The maximum absolute atomic E-state index is 2.52. The number of anilines is 3. The monoisotopic (exact) mass is 877 g/mol. The molecule has 2 aliphatic carbocycles. The zero-order chi connectivity index (χ0) is 45.8. The van der Waals surface area contributed by atoms with Crippen LogP contribution in [0, 0.1) is 0 Å². The SMILES string of the molecule is c1ccc(-c2ccc(N(c3ccc4c(c3)C3(c5ccccc5-4)c4ccccc4C(c4ccccc4)(c4ccccc4)c4ccccc43)c3ccc(-c4ccccc4)cc3-c3ccccc3)cc2)cc1. The Morgan fingerprint density at radius 1 is 0.217 bits per heavy atom. The highest BCUT2D eigenvalue weighted by molar-refractivity contribution is 5.95. The van der Waals surface area contributed by atoms with Crippen molar-refractivity contribution in [2.75, 3.05) is 4.90 Å². The Morgan fingerprint density at radius 3 is 1.16 bits per heavy atom. The van der Waals surface area contributed by atoms with E-state index in [1.165, 1.54) is 77.9 Å². The Morgan fingerprint density at radius 2 is 0.609 bits per heavy atom. The van der Waals surface area contributed by atoms with E-state index in [1.807, 2.05) is 0 Å². The number of benzene rings is 11. The van der Waals surface area contributed by atoms with E-state index in [0.717, 1.165) is 28.2 Å². The molecule has 0 atom stereocenters. The summed E-state index contributed by atoms with van der Waals surface area (Å²) in [5, 5.41) is 0. The zero-order valence-corrected chi connectivity index (χ0v) is 38.1. The molecule has 0 unspecified atom stereocenters. The van der Waals surface area contributed by atoms with Crippen LogP contribution >= 0.6 is 0 Å². The summed E-state index contributed by atoms with van der Waals surface area (Å²) in [6.07, 6.45) is 0. The van der Waals surface area contributed by atoms with Crippen molar-refractivity contribution in [3.8, 4) is 44.5 Å². The molecule has 0 N–H and O–H groups in total. The van der Waals surface area contributed by atoms with Gasteiger partial charge in [0, 0.05) is 16.9 Å². The van der Waals surface area contributed by atoms with Crippen LogP contribution in [0.2, 0.25) is 0 Å². The second-order valence-corrected chi connectivity index (χ2v) is 18.3. The highest BCUT2D eigenvalue weighted by Crippen LogP contribution is 2.65. The van der Waals surface area contributed by atoms with Crippen molar-refractivity contribution < 1.29 is 0 Å². The summed E-state index contributed by atoms with van der Waals surface area (Å²) in [5.41, 5.74) is 22.0. The molecule has 2 aliphatic rings. The molecular weight excluding hydrogens is 831 g/mol. The molecule has 13 rings (SSSR count). The smallest absolute Gasteiger partial charge is 0.0720 e. The maximum atomic E-state index is 2.52. The number of nitrogens with zero attached hydrogens (tertiary/aromatic N) is 1. The van der Waals surface area contributed by atoms with Gasteiger partial charge < -0.3 is 4.90 Å². The van der Waals surface area contributed by atoms with Gasteiger partial charge in [-0.2, -0.15) is 0 Å². The van der Waals surface area contributed by atoms with E-state index in [0.29, 0.717) is 0 Å². The van der Waals surface area contributed by atoms with Gasteiger partial charge in [0.1, 0.15) is 0 Å². The summed E-state index contributed by atoms with van der Waals surface area (Å²) in [5.74, 6) is 0. The average Bonchev–Trinajstić information content (AvgIpc) is 3.73. The van der Waals surface area contributed by atoms with Crippen LogP contribution in [0.4, 0.5) is 17.1 Å². The predicted molar refractivity (Wildman–Crippen MR) is 287 cm³/mol. The van der Waals surface area contributed by atoms with Gasteiger partial charge >= 0.3 is 0 Å². The van der Waals surface area contributed by atoms with Crippen molar-refractivity contribution in [1.82, 2.24) is 0 Å². The molecule has 1 heteroatoms. The van der Waals surface area contributed by atoms with Gasteiger partial charge in [-0.1, -0.05) is 249 Å². The van der Waals surface area contributed by atoms with Crippen LogP contribution in [0.15, 0.2) is 285 Å². The van der Waals surface area contributed by atoms with Crippen LogP contribution in [-0.2, 0) is 10.8 Å². The van der Waals surface area contributed by atoms with Crippen LogP contribution in [0.3, 0.4) is 0 Å². The molecule has 1 spiro atoms. The lowest BCUT2D eigenvalue weighted by molar-refractivity contribution is 0.623. The molecule has 0 fully saturated rings. The van der Waals surface area contributed by atoms with Gasteiger partial charge in [0.2, 0.25) is 0 Å². The highest BCUT2D eigenvalue weighted by atomic mass is 15.1. The summed E-state index contributed by atoms with van der Waals surface area (Å²) < 4.78 is 0. The van der Waals surface area contributed by atoms with E-state index >= 15 is 0 Å². The summed E-state index contributed by atoms with van der Waals surface area (Å²) in [7, 11) is 0. The zero-order valence-electron chi connectivity index (χ0n) is 38.1. The molecule has 11 aromatic carbocycles. The minimum atomic E-state index is -0.634.